The van der Waals surface area contributed by atoms with Gasteiger partial charge < -0.3 is 5.32 Å². The van der Waals surface area contributed by atoms with Gasteiger partial charge in [-0.25, -0.2) is 4.39 Å². The Hall–Kier alpha value is -1.33. The lowest BCUT2D eigenvalue weighted by Gasteiger charge is -2.18. The van der Waals surface area contributed by atoms with E-state index < -0.39 is 0 Å². The fourth-order valence-electron chi connectivity index (χ4n) is 2.03. The van der Waals surface area contributed by atoms with E-state index in [4.69, 9.17) is 0 Å². The predicted octanol–water partition coefficient (Wildman–Crippen LogP) is 3.27. The second kappa shape index (κ2) is 6.73. The van der Waals surface area contributed by atoms with Crippen LogP contribution in [0.1, 0.15) is 24.1 Å². The molecule has 1 atom stereocenters. The fourth-order valence-corrected chi connectivity index (χ4v) is 2.54. The fraction of sp³-hybridized carbons (Fsp3) is 0.286. The van der Waals surface area contributed by atoms with E-state index in [1.165, 1.54) is 6.07 Å². The van der Waals surface area contributed by atoms with Crippen molar-refractivity contribution in [1.82, 2.24) is 15.5 Å². The van der Waals surface area contributed by atoms with Gasteiger partial charge in [-0.1, -0.05) is 22.9 Å². The number of aromatic nitrogens is 2. The molecule has 0 aliphatic heterocycles. The zero-order chi connectivity index (χ0) is 13.7. The SMILES string of the molecule is CCNC(Cc1cc(F)cc(Br)c1)c1ccnnc1. The molecule has 1 aromatic carbocycles. The molecule has 2 rings (SSSR count). The van der Waals surface area contributed by atoms with E-state index in [-0.39, 0.29) is 11.9 Å². The summed E-state index contributed by atoms with van der Waals surface area (Å²) in [5.74, 6) is -0.229. The number of halogens is 2. The number of hydrogen-bond acceptors (Lipinski definition) is 3. The van der Waals surface area contributed by atoms with Gasteiger partial charge in [0, 0.05) is 16.7 Å². The second-order valence-electron chi connectivity index (χ2n) is 4.27. The van der Waals surface area contributed by atoms with Crippen LogP contribution in [0.5, 0.6) is 0 Å². The Morgan fingerprint density at radius 2 is 2.16 bits per heavy atom. The molecule has 0 aliphatic carbocycles. The first-order valence-corrected chi connectivity index (χ1v) is 6.93. The molecule has 1 N–H and O–H groups in total. The highest BCUT2D eigenvalue weighted by atomic mass is 79.9. The number of nitrogens with one attached hydrogen (secondary N) is 1. The van der Waals surface area contributed by atoms with Gasteiger partial charge in [0.2, 0.25) is 0 Å². The van der Waals surface area contributed by atoms with Crippen LogP contribution in [-0.2, 0) is 6.42 Å². The van der Waals surface area contributed by atoms with Gasteiger partial charge >= 0.3 is 0 Å². The third-order valence-electron chi connectivity index (χ3n) is 2.82. The zero-order valence-electron chi connectivity index (χ0n) is 10.6. The van der Waals surface area contributed by atoms with Crippen molar-refractivity contribution in [1.29, 1.82) is 0 Å². The van der Waals surface area contributed by atoms with Crippen LogP contribution in [0.15, 0.2) is 41.1 Å². The van der Waals surface area contributed by atoms with Crippen molar-refractivity contribution in [2.24, 2.45) is 0 Å². The summed E-state index contributed by atoms with van der Waals surface area (Å²) in [6.07, 6.45) is 4.11. The summed E-state index contributed by atoms with van der Waals surface area (Å²) in [6.45, 7) is 2.88. The Morgan fingerprint density at radius 1 is 1.32 bits per heavy atom. The quantitative estimate of drug-likeness (QED) is 0.917. The molecule has 5 heteroatoms. The maximum Gasteiger partial charge on any atom is 0.124 e. The molecular weight excluding hydrogens is 309 g/mol. The minimum absolute atomic E-state index is 0.106. The van der Waals surface area contributed by atoms with Gasteiger partial charge in [-0.05, 0) is 48.4 Å². The van der Waals surface area contributed by atoms with Crippen LogP contribution in [0.25, 0.3) is 0 Å². The average molecular weight is 324 g/mol. The molecule has 19 heavy (non-hydrogen) atoms. The normalized spacial score (nSPS) is 12.4. The van der Waals surface area contributed by atoms with Gasteiger partial charge in [0.25, 0.3) is 0 Å². The lowest BCUT2D eigenvalue weighted by atomic mass is 10.0. The minimum Gasteiger partial charge on any atom is -0.310 e. The van der Waals surface area contributed by atoms with E-state index in [9.17, 15) is 4.39 Å². The van der Waals surface area contributed by atoms with Gasteiger partial charge in [-0.3, -0.25) is 0 Å². The maximum atomic E-state index is 13.4. The molecule has 0 saturated heterocycles. The van der Waals surface area contributed by atoms with Crippen molar-refractivity contribution in [2.45, 2.75) is 19.4 Å². The molecule has 1 aromatic heterocycles. The highest BCUT2D eigenvalue weighted by Gasteiger charge is 2.12. The summed E-state index contributed by atoms with van der Waals surface area (Å²) in [6, 6.07) is 6.98. The van der Waals surface area contributed by atoms with Crippen molar-refractivity contribution in [3.8, 4) is 0 Å². The average Bonchev–Trinajstić information content (AvgIpc) is 2.38. The molecule has 0 saturated carbocycles. The molecule has 0 fully saturated rings. The highest BCUT2D eigenvalue weighted by Crippen LogP contribution is 2.21. The standard InChI is InChI=1S/C14H15BrFN3/c1-2-17-14(11-3-4-18-19-9-11)7-10-5-12(15)8-13(16)6-10/h3-6,8-9,14,17H,2,7H2,1H3. The predicted molar refractivity (Wildman–Crippen MR) is 76.3 cm³/mol. The van der Waals surface area contributed by atoms with Crippen LogP contribution < -0.4 is 5.32 Å². The Labute approximate surface area is 120 Å². The molecule has 0 spiro atoms. The van der Waals surface area contributed by atoms with Gasteiger partial charge in [0.15, 0.2) is 0 Å². The molecule has 2 aromatic rings. The van der Waals surface area contributed by atoms with Crippen LogP contribution in [0.4, 0.5) is 4.39 Å². The van der Waals surface area contributed by atoms with Crippen LogP contribution in [0, 0.1) is 5.82 Å². The topological polar surface area (TPSA) is 37.8 Å². The lowest BCUT2D eigenvalue weighted by Crippen LogP contribution is -2.23. The van der Waals surface area contributed by atoms with Gasteiger partial charge in [0.1, 0.15) is 5.82 Å². The van der Waals surface area contributed by atoms with E-state index in [0.29, 0.717) is 6.42 Å². The van der Waals surface area contributed by atoms with Crippen molar-refractivity contribution in [3.63, 3.8) is 0 Å². The Morgan fingerprint density at radius 3 is 2.79 bits per heavy atom. The summed E-state index contributed by atoms with van der Waals surface area (Å²) in [5.41, 5.74) is 1.99. The Balaban J connectivity index is 2.21. The highest BCUT2D eigenvalue weighted by molar-refractivity contribution is 9.10. The molecule has 0 radical (unpaired) electrons. The van der Waals surface area contributed by atoms with Crippen molar-refractivity contribution < 1.29 is 4.39 Å². The summed E-state index contributed by atoms with van der Waals surface area (Å²) in [7, 11) is 0. The monoisotopic (exact) mass is 323 g/mol. The minimum atomic E-state index is -0.229. The molecular formula is C14H15BrFN3. The van der Waals surface area contributed by atoms with E-state index in [1.54, 1.807) is 18.5 Å². The Kier molecular flexibility index (Phi) is 4.99. The number of hydrogen-bond donors (Lipinski definition) is 1. The second-order valence-corrected chi connectivity index (χ2v) is 5.18. The first-order chi connectivity index (χ1) is 9.19. The van der Waals surface area contributed by atoms with Crippen LogP contribution in [-0.4, -0.2) is 16.7 Å². The third kappa shape index (κ3) is 4.08. The summed E-state index contributed by atoms with van der Waals surface area (Å²) in [5, 5.41) is 11.0. The number of likely N-dealkylation sites (N-methyl/N-ethyl adjacent to an activating group) is 1. The molecule has 1 unspecified atom stereocenters. The van der Waals surface area contributed by atoms with Crippen LogP contribution in [0.3, 0.4) is 0 Å². The van der Waals surface area contributed by atoms with E-state index >= 15 is 0 Å². The maximum absolute atomic E-state index is 13.4. The van der Waals surface area contributed by atoms with E-state index in [1.807, 2.05) is 19.1 Å². The van der Waals surface area contributed by atoms with Crippen molar-refractivity contribution >= 4 is 15.9 Å². The van der Waals surface area contributed by atoms with Crippen LogP contribution in [0.2, 0.25) is 0 Å². The van der Waals surface area contributed by atoms with Crippen LogP contribution >= 0.6 is 15.9 Å². The summed E-state index contributed by atoms with van der Waals surface area (Å²) >= 11 is 3.32. The number of benzene rings is 1. The largest absolute Gasteiger partial charge is 0.310 e. The number of rotatable bonds is 5. The van der Waals surface area contributed by atoms with E-state index in [0.717, 1.165) is 22.1 Å². The van der Waals surface area contributed by atoms with Crippen molar-refractivity contribution in [3.05, 3.63) is 58.1 Å². The molecule has 100 valence electrons. The van der Waals surface area contributed by atoms with Gasteiger partial charge in [0.05, 0.1) is 6.20 Å². The molecule has 0 amide bonds. The van der Waals surface area contributed by atoms with Gasteiger partial charge in [-0.2, -0.15) is 10.2 Å². The lowest BCUT2D eigenvalue weighted by molar-refractivity contribution is 0.543. The first kappa shape index (κ1) is 14.1. The molecule has 3 nitrogen and oxygen atoms in total. The summed E-state index contributed by atoms with van der Waals surface area (Å²) < 4.78 is 14.1. The third-order valence-corrected chi connectivity index (χ3v) is 3.28. The Bertz CT molecular complexity index is 513. The molecule has 0 aliphatic rings. The first-order valence-electron chi connectivity index (χ1n) is 6.14. The smallest absolute Gasteiger partial charge is 0.124 e. The molecule has 1 heterocycles. The van der Waals surface area contributed by atoms with E-state index in [2.05, 4.69) is 31.4 Å². The van der Waals surface area contributed by atoms with Crippen molar-refractivity contribution in [2.75, 3.05) is 6.54 Å². The zero-order valence-corrected chi connectivity index (χ0v) is 12.2. The molecule has 0 bridgehead atoms. The summed E-state index contributed by atoms with van der Waals surface area (Å²) in [4.78, 5) is 0. The number of nitrogens with zero attached hydrogens (tertiary/aromatic N) is 2. The van der Waals surface area contributed by atoms with Gasteiger partial charge in [-0.15, -0.1) is 0 Å².